The molecule has 0 amide bonds. The smallest absolute Gasteiger partial charge is 0.0540 e. The minimum absolute atomic E-state index is 0.156. The van der Waals surface area contributed by atoms with Crippen LogP contribution >= 0.6 is 0 Å². The highest BCUT2D eigenvalue weighted by Gasteiger charge is 2.61. The Labute approximate surface area is 346 Å². The summed E-state index contributed by atoms with van der Waals surface area (Å²) in [5, 5.41) is 7.68. The highest BCUT2D eigenvalue weighted by atomic mass is 15.2. The second-order valence-corrected chi connectivity index (χ2v) is 18.2. The molecule has 0 radical (unpaired) electrons. The van der Waals surface area contributed by atoms with E-state index in [-0.39, 0.29) is 5.41 Å². The fourth-order valence-corrected chi connectivity index (χ4v) is 13.2. The molecule has 9 aromatic rings. The van der Waals surface area contributed by atoms with Crippen LogP contribution < -0.4 is 9.80 Å². The first kappa shape index (κ1) is 33.6. The van der Waals surface area contributed by atoms with Crippen LogP contribution in [0.3, 0.4) is 0 Å². The van der Waals surface area contributed by atoms with Crippen molar-refractivity contribution in [2.24, 2.45) is 23.7 Å². The highest BCUT2D eigenvalue weighted by molar-refractivity contribution is 6.28. The topological polar surface area (TPSA) is 6.48 Å². The van der Waals surface area contributed by atoms with Gasteiger partial charge in [-0.25, -0.2) is 0 Å². The lowest BCUT2D eigenvalue weighted by molar-refractivity contribution is -0.0399. The number of benzene rings is 9. The highest BCUT2D eigenvalue weighted by Crippen LogP contribution is 2.69. The molecule has 0 aromatic heterocycles. The molecule has 4 fully saturated rings. The maximum Gasteiger partial charge on any atom is 0.0540 e. The Morgan fingerprint density at radius 1 is 0.407 bits per heavy atom. The van der Waals surface area contributed by atoms with E-state index in [1.165, 1.54) is 104 Å². The van der Waals surface area contributed by atoms with Crippen LogP contribution in [0.5, 0.6) is 0 Å². The van der Waals surface area contributed by atoms with Gasteiger partial charge >= 0.3 is 0 Å². The summed E-state index contributed by atoms with van der Waals surface area (Å²) in [7, 11) is 0. The summed E-state index contributed by atoms with van der Waals surface area (Å²) in [4.78, 5) is 4.97. The van der Waals surface area contributed by atoms with Gasteiger partial charge in [-0.3, -0.25) is 0 Å². The van der Waals surface area contributed by atoms with E-state index in [9.17, 15) is 0 Å². The zero-order chi connectivity index (χ0) is 38.8. The van der Waals surface area contributed by atoms with Crippen molar-refractivity contribution in [3.8, 4) is 11.1 Å². The maximum absolute atomic E-state index is 2.57. The molecule has 0 N–H and O–H groups in total. The van der Waals surface area contributed by atoms with Gasteiger partial charge in [-0.2, -0.15) is 0 Å². The van der Waals surface area contributed by atoms with E-state index in [1.807, 2.05) is 0 Å². The molecular weight excluding hydrogens is 713 g/mol. The molecule has 0 aliphatic heterocycles. The molecule has 1 spiro atoms. The zero-order valence-electron chi connectivity index (χ0n) is 33.5. The van der Waals surface area contributed by atoms with Crippen molar-refractivity contribution in [2.45, 2.75) is 44.4 Å². The lowest BCUT2D eigenvalue weighted by Crippen LogP contribution is -2.55. The van der Waals surface area contributed by atoms with Crippen LogP contribution in [0.1, 0.15) is 48.8 Å². The van der Waals surface area contributed by atoms with Gasteiger partial charge in [0, 0.05) is 38.9 Å². The third-order valence-corrected chi connectivity index (χ3v) is 15.3. The van der Waals surface area contributed by atoms with Crippen LogP contribution in [-0.4, -0.2) is 0 Å². The van der Waals surface area contributed by atoms with Crippen molar-refractivity contribution in [1.29, 1.82) is 0 Å². The van der Waals surface area contributed by atoms with E-state index in [0.29, 0.717) is 0 Å². The molecule has 284 valence electrons. The average Bonchev–Trinajstić information content (AvgIpc) is 3.57. The lowest BCUT2D eigenvalue weighted by Gasteiger charge is -2.61. The number of rotatable bonds is 6. The van der Waals surface area contributed by atoms with Crippen molar-refractivity contribution in [2.75, 3.05) is 9.80 Å². The number of hydrogen-bond donors (Lipinski definition) is 0. The van der Waals surface area contributed by atoms with Crippen LogP contribution in [0.4, 0.5) is 34.1 Å². The third kappa shape index (κ3) is 4.69. The molecule has 0 heterocycles. The molecule has 2 nitrogen and oxygen atoms in total. The second-order valence-electron chi connectivity index (χ2n) is 18.2. The predicted molar refractivity (Wildman–Crippen MR) is 248 cm³/mol. The summed E-state index contributed by atoms with van der Waals surface area (Å²) in [5.41, 5.74) is 14.7. The number of nitrogens with zero attached hydrogens (tertiary/aromatic N) is 2. The second kappa shape index (κ2) is 12.6. The predicted octanol–water partition coefficient (Wildman–Crippen LogP) is 15.6. The van der Waals surface area contributed by atoms with Gasteiger partial charge in [0.15, 0.2) is 0 Å². The lowest BCUT2D eigenvalue weighted by atomic mass is 9.43. The summed E-state index contributed by atoms with van der Waals surface area (Å²) in [5.74, 6) is 3.37. The maximum atomic E-state index is 2.57. The van der Waals surface area contributed by atoms with Crippen LogP contribution in [0.15, 0.2) is 176 Å². The average molecular weight is 759 g/mol. The number of anilines is 6. The SMILES string of the molecule is Cc1ccccc1N(c1ccc2c(c1)-c1ccccc1C21C2CC3CC(C2)CC1C3)c1ccc2ccc3c(N(c4ccccc4)c4ccccc4)ccc4ccc1c2c43. The minimum atomic E-state index is 0.156. The fraction of sp³-hybridized carbons (Fsp3) is 0.193. The quantitative estimate of drug-likeness (QED) is 0.156. The van der Waals surface area contributed by atoms with E-state index in [4.69, 9.17) is 0 Å². The van der Waals surface area contributed by atoms with Crippen molar-refractivity contribution in [1.82, 2.24) is 0 Å². The van der Waals surface area contributed by atoms with E-state index >= 15 is 0 Å². The van der Waals surface area contributed by atoms with Crippen molar-refractivity contribution in [3.05, 3.63) is 193 Å². The first-order valence-corrected chi connectivity index (χ1v) is 21.9. The standard InChI is InChI=1S/C57H46N2/c1-36-12-8-11-19-52(36)59(45-24-27-51-49(35-45)46-17-9-10-18-50(46)57(51)41-31-37-30-38(33-41)34-42(57)32-37)54-29-23-40-20-25-47-53(28-22-39-21-26-48(54)56(40)55(39)47)58(43-13-4-2-5-14-43)44-15-6-3-7-16-44/h2-29,35,37-38,41-42H,30-34H2,1H3. The Morgan fingerprint density at radius 2 is 0.932 bits per heavy atom. The van der Waals surface area contributed by atoms with Crippen molar-refractivity contribution < 1.29 is 0 Å². The molecule has 0 unspecified atom stereocenters. The Morgan fingerprint density at radius 3 is 1.56 bits per heavy atom. The first-order chi connectivity index (χ1) is 29.1. The monoisotopic (exact) mass is 758 g/mol. The first-order valence-electron chi connectivity index (χ1n) is 21.9. The van der Waals surface area contributed by atoms with Gasteiger partial charge in [0.05, 0.1) is 11.4 Å². The Bertz CT molecular complexity index is 3020. The Balaban J connectivity index is 1.03. The normalized spacial score (nSPS) is 22.4. The number of para-hydroxylation sites is 3. The summed E-state index contributed by atoms with van der Waals surface area (Å²) in [6, 6.07) is 66.4. The number of hydrogen-bond acceptors (Lipinski definition) is 2. The van der Waals surface area contributed by atoms with Gasteiger partial charge in [-0.05, 0) is 167 Å². The number of fused-ring (bicyclic) bond motifs is 3. The van der Waals surface area contributed by atoms with Gasteiger partial charge in [-0.1, -0.05) is 121 Å². The molecule has 5 aliphatic carbocycles. The van der Waals surface area contributed by atoms with Gasteiger partial charge in [0.2, 0.25) is 0 Å². The summed E-state index contributed by atoms with van der Waals surface area (Å²) in [6.07, 6.45) is 7.07. The molecule has 59 heavy (non-hydrogen) atoms. The molecule has 14 rings (SSSR count). The van der Waals surface area contributed by atoms with Gasteiger partial charge < -0.3 is 9.80 Å². The van der Waals surface area contributed by atoms with E-state index in [0.717, 1.165) is 35.0 Å². The molecule has 4 bridgehead atoms. The minimum Gasteiger partial charge on any atom is -0.310 e. The number of aryl methyl sites for hydroxylation is 1. The van der Waals surface area contributed by atoms with Gasteiger partial charge in [0.25, 0.3) is 0 Å². The molecule has 4 saturated carbocycles. The Hall–Kier alpha value is -6.38. The zero-order valence-corrected chi connectivity index (χ0v) is 33.5. The fourth-order valence-electron chi connectivity index (χ4n) is 13.2. The summed E-state index contributed by atoms with van der Waals surface area (Å²) < 4.78 is 0. The van der Waals surface area contributed by atoms with E-state index < -0.39 is 0 Å². The molecular formula is C57H46N2. The van der Waals surface area contributed by atoms with Crippen LogP contribution in [0, 0.1) is 30.6 Å². The van der Waals surface area contributed by atoms with Gasteiger partial charge in [-0.15, -0.1) is 0 Å². The van der Waals surface area contributed by atoms with Gasteiger partial charge in [0.1, 0.15) is 0 Å². The van der Waals surface area contributed by atoms with Crippen LogP contribution in [0.2, 0.25) is 0 Å². The van der Waals surface area contributed by atoms with E-state index in [2.05, 4.69) is 193 Å². The summed E-state index contributed by atoms with van der Waals surface area (Å²) >= 11 is 0. The molecule has 2 heteroatoms. The van der Waals surface area contributed by atoms with Crippen molar-refractivity contribution in [3.63, 3.8) is 0 Å². The van der Waals surface area contributed by atoms with Crippen LogP contribution in [-0.2, 0) is 5.41 Å². The third-order valence-electron chi connectivity index (χ3n) is 15.3. The summed E-state index contributed by atoms with van der Waals surface area (Å²) in [6.45, 7) is 2.26. The molecule has 5 aliphatic rings. The Kier molecular flexibility index (Phi) is 7.15. The van der Waals surface area contributed by atoms with E-state index in [1.54, 1.807) is 11.1 Å². The molecule has 9 aromatic carbocycles. The van der Waals surface area contributed by atoms with Crippen molar-refractivity contribution >= 4 is 66.4 Å². The molecule has 0 atom stereocenters. The largest absolute Gasteiger partial charge is 0.310 e. The van der Waals surface area contributed by atoms with Crippen LogP contribution in [0.25, 0.3) is 43.4 Å². The molecule has 0 saturated heterocycles.